The highest BCUT2D eigenvalue weighted by Gasteiger charge is 2.26. The summed E-state index contributed by atoms with van der Waals surface area (Å²) in [6.45, 7) is 5.60. The van der Waals surface area contributed by atoms with Gasteiger partial charge in [0.25, 0.3) is 0 Å². The standard InChI is InChI=1S/C16H22N2OS2/c19-7-3-15-11-17(10-14-4-9-20-13-14)5-6-18(15)12-16-2-1-8-21-16/h1-2,4,8-9,13,15,19H,3,5-7,10-12H2/t15-/m0/s1. The van der Waals surface area contributed by atoms with Crippen molar-refractivity contribution in [3.63, 3.8) is 0 Å². The van der Waals surface area contributed by atoms with E-state index in [-0.39, 0.29) is 6.61 Å². The zero-order chi connectivity index (χ0) is 14.5. The molecule has 3 nitrogen and oxygen atoms in total. The first kappa shape index (κ1) is 15.2. The maximum absolute atomic E-state index is 9.36. The van der Waals surface area contributed by atoms with Crippen LogP contribution in [0.15, 0.2) is 34.3 Å². The average Bonchev–Trinajstić information content (AvgIpc) is 3.15. The molecule has 1 fully saturated rings. The Hall–Kier alpha value is -0.720. The van der Waals surface area contributed by atoms with Crippen molar-refractivity contribution < 1.29 is 5.11 Å². The van der Waals surface area contributed by atoms with Gasteiger partial charge in [-0.05, 0) is 40.3 Å². The molecule has 1 atom stereocenters. The van der Waals surface area contributed by atoms with E-state index in [1.165, 1.54) is 10.4 Å². The quantitative estimate of drug-likeness (QED) is 0.886. The Balaban J connectivity index is 1.59. The van der Waals surface area contributed by atoms with E-state index in [2.05, 4.69) is 44.1 Å². The molecular formula is C16H22N2OS2. The second-order valence-corrected chi connectivity index (χ2v) is 7.39. The molecule has 0 unspecified atom stereocenters. The SMILES string of the molecule is OCC[C@H]1CN(Cc2ccsc2)CCN1Cc1cccs1. The largest absolute Gasteiger partial charge is 0.396 e. The van der Waals surface area contributed by atoms with E-state index in [0.29, 0.717) is 6.04 Å². The molecule has 0 aliphatic carbocycles. The lowest BCUT2D eigenvalue weighted by Crippen LogP contribution is -2.52. The van der Waals surface area contributed by atoms with E-state index < -0.39 is 0 Å². The number of aliphatic hydroxyl groups is 1. The smallest absolute Gasteiger partial charge is 0.0446 e. The van der Waals surface area contributed by atoms with Gasteiger partial charge in [-0.15, -0.1) is 11.3 Å². The van der Waals surface area contributed by atoms with Gasteiger partial charge in [0.2, 0.25) is 0 Å². The van der Waals surface area contributed by atoms with Crippen LogP contribution in [-0.2, 0) is 13.1 Å². The Bertz CT molecular complexity index is 512. The lowest BCUT2D eigenvalue weighted by molar-refractivity contribution is 0.0507. The minimum atomic E-state index is 0.276. The molecule has 5 heteroatoms. The van der Waals surface area contributed by atoms with Crippen LogP contribution in [0.25, 0.3) is 0 Å². The molecule has 3 rings (SSSR count). The number of piperazine rings is 1. The zero-order valence-electron chi connectivity index (χ0n) is 12.1. The number of hydrogen-bond acceptors (Lipinski definition) is 5. The Kier molecular flexibility index (Phi) is 5.43. The minimum absolute atomic E-state index is 0.276. The molecule has 1 aliphatic rings. The van der Waals surface area contributed by atoms with E-state index in [1.54, 1.807) is 11.3 Å². The van der Waals surface area contributed by atoms with Gasteiger partial charge in [-0.1, -0.05) is 6.07 Å². The Labute approximate surface area is 134 Å². The number of rotatable bonds is 6. The first-order valence-electron chi connectivity index (χ1n) is 7.46. The first-order chi connectivity index (χ1) is 10.3. The van der Waals surface area contributed by atoms with Crippen molar-refractivity contribution in [2.45, 2.75) is 25.6 Å². The van der Waals surface area contributed by atoms with Crippen LogP contribution in [0.4, 0.5) is 0 Å². The van der Waals surface area contributed by atoms with Crippen LogP contribution in [0.5, 0.6) is 0 Å². The maximum Gasteiger partial charge on any atom is 0.0446 e. The minimum Gasteiger partial charge on any atom is -0.396 e. The van der Waals surface area contributed by atoms with Crippen molar-refractivity contribution in [3.05, 3.63) is 44.8 Å². The van der Waals surface area contributed by atoms with Crippen LogP contribution in [0.3, 0.4) is 0 Å². The zero-order valence-corrected chi connectivity index (χ0v) is 13.8. The molecular weight excluding hydrogens is 300 g/mol. The van der Waals surface area contributed by atoms with E-state index in [0.717, 1.165) is 39.1 Å². The van der Waals surface area contributed by atoms with Crippen LogP contribution in [-0.4, -0.2) is 47.2 Å². The molecule has 1 aliphatic heterocycles. The fraction of sp³-hybridized carbons (Fsp3) is 0.500. The molecule has 1 saturated heterocycles. The van der Waals surface area contributed by atoms with E-state index in [1.807, 2.05) is 11.3 Å². The lowest BCUT2D eigenvalue weighted by atomic mass is 10.1. The highest BCUT2D eigenvalue weighted by Crippen LogP contribution is 2.20. The van der Waals surface area contributed by atoms with Crippen molar-refractivity contribution in [1.82, 2.24) is 9.80 Å². The normalized spacial score (nSPS) is 20.9. The Morgan fingerprint density at radius 1 is 1.19 bits per heavy atom. The van der Waals surface area contributed by atoms with Crippen LogP contribution in [0.1, 0.15) is 16.9 Å². The first-order valence-corrected chi connectivity index (χ1v) is 9.28. The second-order valence-electron chi connectivity index (χ2n) is 5.58. The number of aliphatic hydroxyl groups excluding tert-OH is 1. The molecule has 3 heterocycles. The van der Waals surface area contributed by atoms with E-state index >= 15 is 0 Å². The summed E-state index contributed by atoms with van der Waals surface area (Å²) in [5.41, 5.74) is 1.41. The van der Waals surface area contributed by atoms with Gasteiger partial charge in [-0.2, -0.15) is 11.3 Å². The third kappa shape index (κ3) is 4.14. The second kappa shape index (κ2) is 7.51. The van der Waals surface area contributed by atoms with Crippen LogP contribution >= 0.6 is 22.7 Å². The molecule has 2 aromatic rings. The van der Waals surface area contributed by atoms with Gasteiger partial charge < -0.3 is 5.11 Å². The summed E-state index contributed by atoms with van der Waals surface area (Å²) in [4.78, 5) is 6.48. The molecule has 2 aromatic heterocycles. The van der Waals surface area contributed by atoms with Crippen molar-refractivity contribution in [2.24, 2.45) is 0 Å². The number of nitrogens with zero attached hydrogens (tertiary/aromatic N) is 2. The fourth-order valence-electron chi connectivity index (χ4n) is 2.98. The highest BCUT2D eigenvalue weighted by atomic mass is 32.1. The summed E-state index contributed by atoms with van der Waals surface area (Å²) < 4.78 is 0. The summed E-state index contributed by atoms with van der Waals surface area (Å²) in [5.74, 6) is 0. The molecule has 0 saturated carbocycles. The van der Waals surface area contributed by atoms with Gasteiger partial charge in [0.1, 0.15) is 0 Å². The molecule has 21 heavy (non-hydrogen) atoms. The molecule has 1 N–H and O–H groups in total. The summed E-state index contributed by atoms with van der Waals surface area (Å²) in [7, 11) is 0. The Morgan fingerprint density at radius 3 is 2.86 bits per heavy atom. The van der Waals surface area contributed by atoms with Crippen molar-refractivity contribution in [3.8, 4) is 0 Å². The predicted octanol–water partition coefficient (Wildman–Crippen LogP) is 2.88. The summed E-state index contributed by atoms with van der Waals surface area (Å²) in [5, 5.41) is 15.9. The van der Waals surface area contributed by atoms with Crippen molar-refractivity contribution in [2.75, 3.05) is 26.2 Å². The van der Waals surface area contributed by atoms with Gasteiger partial charge in [0, 0.05) is 50.2 Å². The molecule has 114 valence electrons. The summed E-state index contributed by atoms with van der Waals surface area (Å²) in [6, 6.07) is 7.00. The number of hydrogen-bond donors (Lipinski definition) is 1. The average molecular weight is 322 g/mol. The van der Waals surface area contributed by atoms with Crippen molar-refractivity contribution in [1.29, 1.82) is 0 Å². The van der Waals surface area contributed by atoms with Gasteiger partial charge in [0.05, 0.1) is 0 Å². The van der Waals surface area contributed by atoms with Crippen LogP contribution in [0.2, 0.25) is 0 Å². The van der Waals surface area contributed by atoms with E-state index in [4.69, 9.17) is 0 Å². The maximum atomic E-state index is 9.36. The van der Waals surface area contributed by atoms with Gasteiger partial charge in [-0.25, -0.2) is 0 Å². The third-order valence-corrected chi connectivity index (χ3v) is 5.67. The third-order valence-electron chi connectivity index (χ3n) is 4.08. The molecule has 0 radical (unpaired) electrons. The van der Waals surface area contributed by atoms with Gasteiger partial charge >= 0.3 is 0 Å². The molecule has 0 spiro atoms. The van der Waals surface area contributed by atoms with Crippen molar-refractivity contribution >= 4 is 22.7 Å². The summed E-state index contributed by atoms with van der Waals surface area (Å²) >= 11 is 3.59. The lowest BCUT2D eigenvalue weighted by Gasteiger charge is -2.41. The van der Waals surface area contributed by atoms with Gasteiger partial charge in [-0.3, -0.25) is 9.80 Å². The van der Waals surface area contributed by atoms with Crippen LogP contribution in [0, 0.1) is 0 Å². The van der Waals surface area contributed by atoms with E-state index in [9.17, 15) is 5.11 Å². The summed E-state index contributed by atoms with van der Waals surface area (Å²) in [6.07, 6.45) is 0.867. The van der Waals surface area contributed by atoms with Gasteiger partial charge in [0.15, 0.2) is 0 Å². The monoisotopic (exact) mass is 322 g/mol. The topological polar surface area (TPSA) is 26.7 Å². The highest BCUT2D eigenvalue weighted by molar-refractivity contribution is 7.09. The fourth-order valence-corrected chi connectivity index (χ4v) is 4.36. The molecule has 0 bridgehead atoms. The predicted molar refractivity (Wildman–Crippen MR) is 89.8 cm³/mol. The number of thiophene rings is 2. The Morgan fingerprint density at radius 2 is 2.14 bits per heavy atom. The molecule has 0 aromatic carbocycles. The molecule has 0 amide bonds. The van der Waals surface area contributed by atoms with Crippen LogP contribution < -0.4 is 0 Å².